The molecule has 1 aliphatic rings. The maximum atomic E-state index is 5.82. The Bertz CT molecular complexity index is 331. The van der Waals surface area contributed by atoms with E-state index in [4.69, 9.17) is 4.74 Å². The van der Waals surface area contributed by atoms with Crippen molar-refractivity contribution in [2.45, 2.75) is 12.8 Å². The number of rotatable bonds is 3. The highest BCUT2D eigenvalue weighted by molar-refractivity contribution is 14.1. The molecule has 96 valence electrons. The summed E-state index contributed by atoms with van der Waals surface area (Å²) in [5.41, 5.74) is 0. The molecule has 0 aromatic heterocycles. The lowest BCUT2D eigenvalue weighted by molar-refractivity contribution is 0.150. The Kier molecular flexibility index (Phi) is 6.59. The average Bonchev–Trinajstić information content (AvgIpc) is 2.28. The van der Waals surface area contributed by atoms with Crippen LogP contribution in [0, 0.1) is 9.49 Å². The second kappa shape index (κ2) is 7.44. The van der Waals surface area contributed by atoms with Crippen LogP contribution >= 0.6 is 35.0 Å². The van der Waals surface area contributed by atoms with Crippen LogP contribution in [0.25, 0.3) is 0 Å². The van der Waals surface area contributed by atoms with Crippen LogP contribution in [0.4, 0.5) is 0 Å². The molecule has 1 aromatic carbocycles. The fourth-order valence-corrected chi connectivity index (χ4v) is 2.51. The first kappa shape index (κ1) is 15.1. The predicted octanol–water partition coefficient (Wildman–Crippen LogP) is 3.43. The lowest BCUT2D eigenvalue weighted by Crippen LogP contribution is -2.34. The Morgan fingerprint density at radius 3 is 2.71 bits per heavy atom. The minimum Gasteiger partial charge on any atom is -0.493 e. The highest BCUT2D eigenvalue weighted by Crippen LogP contribution is 2.18. The van der Waals surface area contributed by atoms with Gasteiger partial charge in [-0.3, -0.25) is 0 Å². The van der Waals surface area contributed by atoms with E-state index < -0.39 is 0 Å². The SMILES string of the molecule is CN1CCC[C@@H](COc2ccc(I)cc2)C1.Cl. The molecule has 1 aliphatic heterocycles. The summed E-state index contributed by atoms with van der Waals surface area (Å²) < 4.78 is 7.07. The Morgan fingerprint density at radius 1 is 1.35 bits per heavy atom. The van der Waals surface area contributed by atoms with E-state index in [1.165, 1.54) is 29.5 Å². The molecule has 2 nitrogen and oxygen atoms in total. The second-order valence-electron chi connectivity index (χ2n) is 4.54. The Balaban J connectivity index is 0.00000144. The topological polar surface area (TPSA) is 12.5 Å². The van der Waals surface area contributed by atoms with Gasteiger partial charge in [-0.25, -0.2) is 0 Å². The average molecular weight is 368 g/mol. The number of nitrogens with zero attached hydrogens (tertiary/aromatic N) is 1. The third kappa shape index (κ3) is 5.02. The van der Waals surface area contributed by atoms with Crippen molar-refractivity contribution in [3.05, 3.63) is 27.8 Å². The minimum atomic E-state index is 0. The molecule has 0 unspecified atom stereocenters. The zero-order valence-electron chi connectivity index (χ0n) is 10.1. The van der Waals surface area contributed by atoms with Crippen LogP contribution in [0.5, 0.6) is 5.75 Å². The van der Waals surface area contributed by atoms with E-state index >= 15 is 0 Å². The number of likely N-dealkylation sites (tertiary alicyclic amines) is 1. The normalized spacial score (nSPS) is 20.7. The van der Waals surface area contributed by atoms with E-state index in [1.807, 2.05) is 12.1 Å². The summed E-state index contributed by atoms with van der Waals surface area (Å²) in [7, 11) is 2.19. The predicted molar refractivity (Wildman–Crippen MR) is 82.1 cm³/mol. The maximum Gasteiger partial charge on any atom is 0.119 e. The van der Waals surface area contributed by atoms with Crippen LogP contribution in [0.1, 0.15) is 12.8 Å². The Hall–Kier alpha value is -0.0000000000000000555. The van der Waals surface area contributed by atoms with Crippen LogP contribution in [-0.2, 0) is 0 Å². The highest BCUT2D eigenvalue weighted by Gasteiger charge is 2.17. The molecule has 1 aromatic rings. The van der Waals surface area contributed by atoms with E-state index in [2.05, 4.69) is 46.7 Å². The summed E-state index contributed by atoms with van der Waals surface area (Å²) in [6.07, 6.45) is 2.60. The molecule has 4 heteroatoms. The van der Waals surface area contributed by atoms with Crippen molar-refractivity contribution in [3.63, 3.8) is 0 Å². The molecule has 0 radical (unpaired) electrons. The third-order valence-corrected chi connectivity index (χ3v) is 3.74. The van der Waals surface area contributed by atoms with Gasteiger partial charge in [0.25, 0.3) is 0 Å². The molecule has 0 saturated carbocycles. The van der Waals surface area contributed by atoms with E-state index in [9.17, 15) is 0 Å². The van der Waals surface area contributed by atoms with Crippen molar-refractivity contribution in [1.82, 2.24) is 4.90 Å². The number of hydrogen-bond donors (Lipinski definition) is 0. The van der Waals surface area contributed by atoms with Gasteiger partial charge in [0.15, 0.2) is 0 Å². The molecule has 0 bridgehead atoms. The van der Waals surface area contributed by atoms with Crippen LogP contribution < -0.4 is 4.74 Å². The molecule has 1 fully saturated rings. The van der Waals surface area contributed by atoms with Crippen molar-refractivity contribution >= 4 is 35.0 Å². The fourth-order valence-electron chi connectivity index (χ4n) is 2.15. The molecule has 0 spiro atoms. The van der Waals surface area contributed by atoms with Crippen molar-refractivity contribution in [3.8, 4) is 5.75 Å². The van der Waals surface area contributed by atoms with E-state index in [0.29, 0.717) is 5.92 Å². The largest absolute Gasteiger partial charge is 0.493 e. The lowest BCUT2D eigenvalue weighted by Gasteiger charge is -2.29. The number of benzene rings is 1. The van der Waals surface area contributed by atoms with Crippen LogP contribution in [0.15, 0.2) is 24.3 Å². The summed E-state index contributed by atoms with van der Waals surface area (Å²) in [5, 5.41) is 0. The first-order chi connectivity index (χ1) is 7.74. The quantitative estimate of drug-likeness (QED) is 0.759. The number of halogens is 2. The van der Waals surface area contributed by atoms with Crippen LogP contribution in [0.3, 0.4) is 0 Å². The minimum absolute atomic E-state index is 0. The van der Waals surface area contributed by atoms with Gasteiger partial charge >= 0.3 is 0 Å². The number of piperidine rings is 1. The van der Waals surface area contributed by atoms with Crippen molar-refractivity contribution < 1.29 is 4.74 Å². The molecular weight excluding hydrogens is 349 g/mol. The maximum absolute atomic E-state index is 5.82. The van der Waals surface area contributed by atoms with Gasteiger partial charge < -0.3 is 9.64 Å². The smallest absolute Gasteiger partial charge is 0.119 e. The lowest BCUT2D eigenvalue weighted by atomic mass is 10.00. The van der Waals surface area contributed by atoms with Gasteiger partial charge in [0, 0.05) is 16.0 Å². The van der Waals surface area contributed by atoms with Gasteiger partial charge in [-0.15, -0.1) is 12.4 Å². The Labute approximate surface area is 123 Å². The van der Waals surface area contributed by atoms with Crippen LogP contribution in [0.2, 0.25) is 0 Å². The summed E-state index contributed by atoms with van der Waals surface area (Å²) >= 11 is 2.31. The van der Waals surface area contributed by atoms with Crippen molar-refractivity contribution in [1.29, 1.82) is 0 Å². The zero-order valence-corrected chi connectivity index (χ0v) is 13.0. The molecule has 17 heavy (non-hydrogen) atoms. The molecule has 1 heterocycles. The molecule has 1 saturated heterocycles. The first-order valence-corrected chi connectivity index (χ1v) is 6.89. The highest BCUT2D eigenvalue weighted by atomic mass is 127. The van der Waals surface area contributed by atoms with Gasteiger partial charge in [-0.05, 0) is 73.3 Å². The molecule has 2 rings (SSSR count). The molecule has 0 aliphatic carbocycles. The molecule has 0 amide bonds. The van der Waals surface area contributed by atoms with Crippen molar-refractivity contribution in [2.24, 2.45) is 5.92 Å². The summed E-state index contributed by atoms with van der Waals surface area (Å²) in [5.74, 6) is 1.69. The molecular formula is C13H19ClINO. The Morgan fingerprint density at radius 2 is 2.06 bits per heavy atom. The molecule has 0 N–H and O–H groups in total. The summed E-state index contributed by atoms with van der Waals surface area (Å²) in [4.78, 5) is 2.39. The second-order valence-corrected chi connectivity index (χ2v) is 5.78. The number of hydrogen-bond acceptors (Lipinski definition) is 2. The van der Waals surface area contributed by atoms with E-state index in [0.717, 1.165) is 12.4 Å². The van der Waals surface area contributed by atoms with E-state index in [-0.39, 0.29) is 12.4 Å². The summed E-state index contributed by atoms with van der Waals surface area (Å²) in [6, 6.07) is 8.27. The first-order valence-electron chi connectivity index (χ1n) is 5.81. The van der Waals surface area contributed by atoms with Gasteiger partial charge in [0.1, 0.15) is 5.75 Å². The molecule has 1 atom stereocenters. The van der Waals surface area contributed by atoms with Crippen LogP contribution in [-0.4, -0.2) is 31.6 Å². The monoisotopic (exact) mass is 367 g/mol. The van der Waals surface area contributed by atoms with Gasteiger partial charge in [-0.1, -0.05) is 0 Å². The third-order valence-electron chi connectivity index (χ3n) is 3.02. The standard InChI is InChI=1S/C13H18INO.ClH/c1-15-8-2-3-11(9-15)10-16-13-6-4-12(14)5-7-13;/h4-7,11H,2-3,8-10H2,1H3;1H/t11-;/m1./s1. The van der Waals surface area contributed by atoms with Gasteiger partial charge in [-0.2, -0.15) is 0 Å². The summed E-state index contributed by atoms with van der Waals surface area (Å²) in [6.45, 7) is 3.26. The van der Waals surface area contributed by atoms with Crippen molar-refractivity contribution in [2.75, 3.05) is 26.7 Å². The van der Waals surface area contributed by atoms with Gasteiger partial charge in [0.05, 0.1) is 6.61 Å². The zero-order chi connectivity index (χ0) is 11.4. The van der Waals surface area contributed by atoms with Gasteiger partial charge in [0.2, 0.25) is 0 Å². The number of ether oxygens (including phenoxy) is 1. The fraction of sp³-hybridized carbons (Fsp3) is 0.538. The van der Waals surface area contributed by atoms with E-state index in [1.54, 1.807) is 0 Å².